The SMILES string of the molecule is NCCOC(=O)c1ccc(C(=O)O)cc1. The fourth-order valence-electron chi connectivity index (χ4n) is 0.984. The number of hydrogen-bond acceptors (Lipinski definition) is 4. The van der Waals surface area contributed by atoms with Crippen molar-refractivity contribution in [2.24, 2.45) is 5.73 Å². The van der Waals surface area contributed by atoms with Gasteiger partial charge in [0.2, 0.25) is 0 Å². The van der Waals surface area contributed by atoms with E-state index in [1.165, 1.54) is 24.3 Å². The third-order valence-electron chi connectivity index (χ3n) is 1.72. The zero-order valence-corrected chi connectivity index (χ0v) is 7.97. The summed E-state index contributed by atoms with van der Waals surface area (Å²) in [4.78, 5) is 21.8. The summed E-state index contributed by atoms with van der Waals surface area (Å²) < 4.78 is 4.77. The Kier molecular flexibility index (Phi) is 3.82. The molecule has 0 aliphatic rings. The monoisotopic (exact) mass is 209 g/mol. The molecule has 0 saturated heterocycles. The molecule has 0 aromatic heterocycles. The molecule has 0 unspecified atom stereocenters. The summed E-state index contributed by atoms with van der Waals surface area (Å²) in [5.41, 5.74) is 5.61. The lowest BCUT2D eigenvalue weighted by atomic mass is 10.1. The molecular weight excluding hydrogens is 198 g/mol. The number of carbonyl (C=O) groups excluding carboxylic acids is 1. The zero-order chi connectivity index (χ0) is 11.3. The third kappa shape index (κ3) is 3.07. The minimum Gasteiger partial charge on any atom is -0.478 e. The van der Waals surface area contributed by atoms with Crippen LogP contribution in [0.4, 0.5) is 0 Å². The van der Waals surface area contributed by atoms with Gasteiger partial charge in [0.1, 0.15) is 6.61 Å². The molecule has 15 heavy (non-hydrogen) atoms. The summed E-state index contributed by atoms with van der Waals surface area (Å²) in [5, 5.41) is 8.62. The highest BCUT2D eigenvalue weighted by molar-refractivity contribution is 5.92. The largest absolute Gasteiger partial charge is 0.478 e. The topological polar surface area (TPSA) is 89.6 Å². The first-order chi connectivity index (χ1) is 7.15. The van der Waals surface area contributed by atoms with Crippen molar-refractivity contribution in [2.45, 2.75) is 0 Å². The number of aromatic carboxylic acids is 1. The van der Waals surface area contributed by atoms with E-state index >= 15 is 0 Å². The maximum Gasteiger partial charge on any atom is 0.338 e. The molecule has 0 bridgehead atoms. The van der Waals surface area contributed by atoms with Crippen molar-refractivity contribution >= 4 is 11.9 Å². The summed E-state index contributed by atoms with van der Waals surface area (Å²) in [7, 11) is 0. The summed E-state index contributed by atoms with van der Waals surface area (Å²) in [6, 6.07) is 5.51. The van der Waals surface area contributed by atoms with Gasteiger partial charge in [-0.05, 0) is 24.3 Å². The van der Waals surface area contributed by atoms with Crippen LogP contribution in [0.3, 0.4) is 0 Å². The van der Waals surface area contributed by atoms with Gasteiger partial charge in [0.25, 0.3) is 0 Å². The zero-order valence-electron chi connectivity index (χ0n) is 7.97. The van der Waals surface area contributed by atoms with Crippen LogP contribution in [-0.4, -0.2) is 30.2 Å². The average molecular weight is 209 g/mol. The van der Waals surface area contributed by atoms with Gasteiger partial charge in [-0.3, -0.25) is 0 Å². The van der Waals surface area contributed by atoms with Gasteiger partial charge in [-0.2, -0.15) is 0 Å². The second-order valence-corrected chi connectivity index (χ2v) is 2.81. The lowest BCUT2D eigenvalue weighted by molar-refractivity contribution is 0.0515. The molecule has 1 aromatic rings. The van der Waals surface area contributed by atoms with Crippen molar-refractivity contribution in [3.8, 4) is 0 Å². The van der Waals surface area contributed by atoms with Crippen molar-refractivity contribution in [1.29, 1.82) is 0 Å². The van der Waals surface area contributed by atoms with Gasteiger partial charge in [-0.1, -0.05) is 0 Å². The number of hydrogen-bond donors (Lipinski definition) is 2. The molecule has 0 atom stereocenters. The van der Waals surface area contributed by atoms with E-state index in [0.717, 1.165) is 0 Å². The molecule has 0 fully saturated rings. The molecule has 0 aliphatic carbocycles. The average Bonchev–Trinajstić information content (AvgIpc) is 2.26. The lowest BCUT2D eigenvalue weighted by Crippen LogP contribution is -2.13. The van der Waals surface area contributed by atoms with Gasteiger partial charge >= 0.3 is 11.9 Å². The molecule has 0 spiro atoms. The Morgan fingerprint density at radius 1 is 1.20 bits per heavy atom. The van der Waals surface area contributed by atoms with E-state index in [2.05, 4.69) is 0 Å². The number of ether oxygens (including phenoxy) is 1. The van der Waals surface area contributed by atoms with Crippen LogP contribution in [0.1, 0.15) is 20.7 Å². The number of benzene rings is 1. The Labute approximate surface area is 86.5 Å². The molecule has 0 heterocycles. The molecule has 1 rings (SSSR count). The number of rotatable bonds is 4. The number of carboxylic acid groups (broad SMARTS) is 1. The molecular formula is C10H11NO4. The van der Waals surface area contributed by atoms with Crippen LogP contribution in [0, 0.1) is 0 Å². The number of nitrogens with two attached hydrogens (primary N) is 1. The van der Waals surface area contributed by atoms with E-state index in [-0.39, 0.29) is 18.7 Å². The first-order valence-corrected chi connectivity index (χ1v) is 4.35. The molecule has 0 aliphatic heterocycles. The summed E-state index contributed by atoms with van der Waals surface area (Å²) in [6.45, 7) is 0.415. The third-order valence-corrected chi connectivity index (χ3v) is 1.72. The van der Waals surface area contributed by atoms with Crippen LogP contribution >= 0.6 is 0 Å². The van der Waals surface area contributed by atoms with Gasteiger partial charge in [-0.15, -0.1) is 0 Å². The molecule has 0 radical (unpaired) electrons. The number of esters is 1. The highest BCUT2D eigenvalue weighted by Gasteiger charge is 2.08. The van der Waals surface area contributed by atoms with Crippen LogP contribution in [0.15, 0.2) is 24.3 Å². The van der Waals surface area contributed by atoms with Crippen LogP contribution < -0.4 is 5.73 Å². The van der Waals surface area contributed by atoms with Crippen LogP contribution in [0.25, 0.3) is 0 Å². The van der Waals surface area contributed by atoms with E-state index in [1.54, 1.807) is 0 Å². The summed E-state index contributed by atoms with van der Waals surface area (Å²) in [5.74, 6) is -1.53. The molecule has 5 nitrogen and oxygen atoms in total. The standard InChI is InChI=1S/C10H11NO4/c11-5-6-15-10(14)8-3-1-7(2-4-8)9(12)13/h1-4H,5-6,11H2,(H,12,13). The minimum absolute atomic E-state index is 0.130. The van der Waals surface area contributed by atoms with Crippen LogP contribution in [-0.2, 0) is 4.74 Å². The minimum atomic E-state index is -1.03. The highest BCUT2D eigenvalue weighted by Crippen LogP contribution is 2.05. The fourth-order valence-corrected chi connectivity index (χ4v) is 0.984. The van der Waals surface area contributed by atoms with Crippen molar-refractivity contribution in [3.63, 3.8) is 0 Å². The smallest absolute Gasteiger partial charge is 0.338 e. The molecule has 0 saturated carbocycles. The van der Waals surface area contributed by atoms with Gasteiger partial charge in [0.15, 0.2) is 0 Å². The van der Waals surface area contributed by atoms with Crippen molar-refractivity contribution in [2.75, 3.05) is 13.2 Å². The van der Waals surface area contributed by atoms with Gasteiger partial charge < -0.3 is 15.6 Å². The molecule has 0 amide bonds. The first-order valence-electron chi connectivity index (χ1n) is 4.35. The van der Waals surface area contributed by atoms with Gasteiger partial charge in [0.05, 0.1) is 11.1 Å². The fraction of sp³-hybridized carbons (Fsp3) is 0.200. The summed E-state index contributed by atoms with van der Waals surface area (Å²) in [6.07, 6.45) is 0. The summed E-state index contributed by atoms with van der Waals surface area (Å²) >= 11 is 0. The Bertz CT molecular complexity index is 358. The van der Waals surface area contributed by atoms with Crippen LogP contribution in [0.5, 0.6) is 0 Å². The quantitative estimate of drug-likeness (QED) is 0.705. The Balaban J connectivity index is 2.71. The number of carbonyl (C=O) groups is 2. The van der Waals surface area contributed by atoms with E-state index in [9.17, 15) is 9.59 Å². The van der Waals surface area contributed by atoms with Crippen LogP contribution in [0.2, 0.25) is 0 Å². The Morgan fingerprint density at radius 3 is 2.20 bits per heavy atom. The maximum atomic E-state index is 11.3. The first kappa shape index (κ1) is 11.2. The van der Waals surface area contributed by atoms with Gasteiger partial charge in [-0.25, -0.2) is 9.59 Å². The normalized spacial score (nSPS) is 9.67. The van der Waals surface area contributed by atoms with E-state index < -0.39 is 11.9 Å². The van der Waals surface area contributed by atoms with Crippen molar-refractivity contribution in [1.82, 2.24) is 0 Å². The second kappa shape index (κ2) is 5.11. The van der Waals surface area contributed by atoms with E-state index in [4.69, 9.17) is 15.6 Å². The Morgan fingerprint density at radius 2 is 1.73 bits per heavy atom. The lowest BCUT2D eigenvalue weighted by Gasteiger charge is -2.02. The number of carboxylic acids is 1. The molecule has 5 heteroatoms. The Hall–Kier alpha value is -1.88. The van der Waals surface area contributed by atoms with Crippen molar-refractivity contribution < 1.29 is 19.4 Å². The molecule has 1 aromatic carbocycles. The molecule has 80 valence electrons. The molecule has 3 N–H and O–H groups in total. The van der Waals surface area contributed by atoms with Crippen molar-refractivity contribution in [3.05, 3.63) is 35.4 Å². The predicted octanol–water partition coefficient (Wildman–Crippen LogP) is 0.500. The van der Waals surface area contributed by atoms with E-state index in [0.29, 0.717) is 5.56 Å². The maximum absolute atomic E-state index is 11.3. The van der Waals surface area contributed by atoms with E-state index in [1.807, 2.05) is 0 Å². The predicted molar refractivity (Wildman–Crippen MR) is 52.7 cm³/mol. The second-order valence-electron chi connectivity index (χ2n) is 2.81. The van der Waals surface area contributed by atoms with Gasteiger partial charge in [0, 0.05) is 6.54 Å². The highest BCUT2D eigenvalue weighted by atomic mass is 16.5.